The van der Waals surface area contributed by atoms with Crippen molar-refractivity contribution in [1.82, 2.24) is 4.98 Å². The van der Waals surface area contributed by atoms with E-state index >= 15 is 0 Å². The molecule has 0 amide bonds. The zero-order valence-corrected chi connectivity index (χ0v) is 16.7. The lowest BCUT2D eigenvalue weighted by Crippen LogP contribution is -2.09. The highest BCUT2D eigenvalue weighted by Crippen LogP contribution is 2.35. The van der Waals surface area contributed by atoms with Gasteiger partial charge in [-0.15, -0.1) is 0 Å². The Kier molecular flexibility index (Phi) is 5.47. The summed E-state index contributed by atoms with van der Waals surface area (Å²) in [5, 5.41) is 4.77. The van der Waals surface area contributed by atoms with Gasteiger partial charge in [0, 0.05) is 23.7 Å². The van der Waals surface area contributed by atoms with E-state index in [2.05, 4.69) is 28.5 Å². The molecule has 0 aliphatic carbocycles. The van der Waals surface area contributed by atoms with Gasteiger partial charge in [-0.3, -0.25) is 4.98 Å². The predicted octanol–water partition coefficient (Wildman–Crippen LogP) is 6.33. The molecule has 3 nitrogen and oxygen atoms in total. The maximum Gasteiger partial charge on any atom is 0.128 e. The van der Waals surface area contributed by atoms with Crippen molar-refractivity contribution >= 4 is 28.2 Å². The summed E-state index contributed by atoms with van der Waals surface area (Å²) in [6.07, 6.45) is 1.62. The van der Waals surface area contributed by atoms with E-state index in [1.165, 1.54) is 6.07 Å². The largest absolute Gasteiger partial charge is 0.377 e. The standard InChI is InChI=1S/C24H21ClFN3/c1-15(19-4-2-3-5-22(19)26)29-24-20-12-18(10-11-23(20)28-14-21(24)25)17-8-6-16(13-27)7-9-17/h2-12,14-15H,13,27H2,1H3,(H,28,29)/t15-/m1/s1. The van der Waals surface area contributed by atoms with Crippen LogP contribution < -0.4 is 11.1 Å². The molecule has 3 aromatic carbocycles. The topological polar surface area (TPSA) is 50.9 Å². The van der Waals surface area contributed by atoms with Crippen molar-refractivity contribution in [2.75, 3.05) is 5.32 Å². The molecule has 1 heterocycles. The monoisotopic (exact) mass is 405 g/mol. The molecule has 0 saturated heterocycles. The van der Waals surface area contributed by atoms with Crippen molar-refractivity contribution < 1.29 is 4.39 Å². The normalized spacial score (nSPS) is 12.1. The van der Waals surface area contributed by atoms with Crippen LogP contribution in [0, 0.1) is 5.82 Å². The van der Waals surface area contributed by atoms with E-state index in [1.807, 2.05) is 37.3 Å². The lowest BCUT2D eigenvalue weighted by atomic mass is 10.0. The molecule has 1 aromatic heterocycles. The van der Waals surface area contributed by atoms with Crippen LogP contribution in [0.25, 0.3) is 22.0 Å². The molecule has 1 atom stereocenters. The molecule has 0 radical (unpaired) electrons. The molecule has 146 valence electrons. The molecule has 4 aromatic rings. The van der Waals surface area contributed by atoms with Crippen LogP contribution in [0.5, 0.6) is 0 Å². The molecule has 5 heteroatoms. The first-order valence-corrected chi connectivity index (χ1v) is 9.83. The summed E-state index contributed by atoms with van der Waals surface area (Å²) in [4.78, 5) is 4.44. The molecule has 0 fully saturated rings. The number of anilines is 1. The smallest absolute Gasteiger partial charge is 0.128 e. The van der Waals surface area contributed by atoms with Crippen molar-refractivity contribution in [2.24, 2.45) is 5.73 Å². The summed E-state index contributed by atoms with van der Waals surface area (Å²) in [6.45, 7) is 2.43. The van der Waals surface area contributed by atoms with E-state index in [0.29, 0.717) is 17.1 Å². The van der Waals surface area contributed by atoms with Crippen LogP contribution >= 0.6 is 11.6 Å². The summed E-state index contributed by atoms with van der Waals surface area (Å²) in [5.41, 5.74) is 11.1. The first kappa shape index (κ1) is 19.4. The Morgan fingerprint density at radius 3 is 2.48 bits per heavy atom. The number of halogens is 2. The maximum atomic E-state index is 14.2. The van der Waals surface area contributed by atoms with Crippen molar-refractivity contribution in [3.63, 3.8) is 0 Å². The number of pyridine rings is 1. The highest BCUT2D eigenvalue weighted by molar-refractivity contribution is 6.34. The van der Waals surface area contributed by atoms with Gasteiger partial charge < -0.3 is 11.1 Å². The van der Waals surface area contributed by atoms with Crippen LogP contribution in [0.15, 0.2) is 72.9 Å². The van der Waals surface area contributed by atoms with Gasteiger partial charge in [-0.2, -0.15) is 0 Å². The van der Waals surface area contributed by atoms with Gasteiger partial charge in [0.2, 0.25) is 0 Å². The number of aromatic nitrogens is 1. The number of hydrogen-bond donors (Lipinski definition) is 2. The second kappa shape index (κ2) is 8.19. The number of fused-ring (bicyclic) bond motifs is 1. The first-order valence-electron chi connectivity index (χ1n) is 9.45. The fourth-order valence-corrected chi connectivity index (χ4v) is 3.65. The fraction of sp³-hybridized carbons (Fsp3) is 0.125. The van der Waals surface area contributed by atoms with Crippen LogP contribution in [0.2, 0.25) is 5.02 Å². The Hall–Kier alpha value is -2.95. The third-order valence-electron chi connectivity index (χ3n) is 5.08. The highest BCUT2D eigenvalue weighted by Gasteiger charge is 2.15. The second-order valence-electron chi connectivity index (χ2n) is 7.00. The Balaban J connectivity index is 1.76. The quantitative estimate of drug-likeness (QED) is 0.408. The SMILES string of the molecule is C[C@@H](Nc1c(Cl)cnc2ccc(-c3ccc(CN)cc3)cc12)c1ccccc1F. The lowest BCUT2D eigenvalue weighted by molar-refractivity contribution is 0.600. The molecule has 29 heavy (non-hydrogen) atoms. The van der Waals surface area contributed by atoms with Gasteiger partial charge in [0.15, 0.2) is 0 Å². The van der Waals surface area contributed by atoms with Crippen LogP contribution in [0.3, 0.4) is 0 Å². The average Bonchev–Trinajstić information content (AvgIpc) is 2.75. The Morgan fingerprint density at radius 1 is 1.03 bits per heavy atom. The average molecular weight is 406 g/mol. The zero-order chi connectivity index (χ0) is 20.4. The van der Waals surface area contributed by atoms with E-state index in [-0.39, 0.29) is 11.9 Å². The summed E-state index contributed by atoms with van der Waals surface area (Å²) in [6, 6.07) is 20.7. The number of nitrogens with one attached hydrogen (secondary N) is 1. The number of rotatable bonds is 5. The van der Waals surface area contributed by atoms with Gasteiger partial charge in [-0.1, -0.05) is 60.1 Å². The summed E-state index contributed by atoms with van der Waals surface area (Å²) in [7, 11) is 0. The molecule has 0 aliphatic heterocycles. The van der Waals surface area contributed by atoms with Crippen molar-refractivity contribution in [2.45, 2.75) is 19.5 Å². The van der Waals surface area contributed by atoms with Crippen LogP contribution in [0.4, 0.5) is 10.1 Å². The van der Waals surface area contributed by atoms with E-state index in [9.17, 15) is 4.39 Å². The van der Waals surface area contributed by atoms with Crippen molar-refractivity contribution in [3.05, 3.63) is 94.9 Å². The van der Waals surface area contributed by atoms with Gasteiger partial charge in [-0.05, 0) is 41.8 Å². The Labute approximate surface area is 174 Å². The molecule has 0 bridgehead atoms. The minimum atomic E-state index is -0.258. The number of nitrogens with two attached hydrogens (primary N) is 1. The third-order valence-corrected chi connectivity index (χ3v) is 5.36. The van der Waals surface area contributed by atoms with Gasteiger partial charge in [0.1, 0.15) is 5.82 Å². The van der Waals surface area contributed by atoms with Gasteiger partial charge in [0.25, 0.3) is 0 Å². The number of nitrogens with zero attached hydrogens (tertiary/aromatic N) is 1. The molecular formula is C24H21ClFN3. The summed E-state index contributed by atoms with van der Waals surface area (Å²) >= 11 is 6.48. The molecule has 0 spiro atoms. The van der Waals surface area contributed by atoms with E-state index < -0.39 is 0 Å². The van der Waals surface area contributed by atoms with Gasteiger partial charge in [-0.25, -0.2) is 4.39 Å². The van der Waals surface area contributed by atoms with Crippen molar-refractivity contribution in [1.29, 1.82) is 0 Å². The van der Waals surface area contributed by atoms with Gasteiger partial charge in [0.05, 0.1) is 22.3 Å². The summed E-state index contributed by atoms with van der Waals surface area (Å²) < 4.78 is 14.2. The van der Waals surface area contributed by atoms with E-state index in [0.717, 1.165) is 33.3 Å². The van der Waals surface area contributed by atoms with Crippen LogP contribution in [-0.2, 0) is 6.54 Å². The Morgan fingerprint density at radius 2 is 1.76 bits per heavy atom. The van der Waals surface area contributed by atoms with Gasteiger partial charge >= 0.3 is 0 Å². The second-order valence-corrected chi connectivity index (χ2v) is 7.41. The first-order chi connectivity index (χ1) is 14.1. The van der Waals surface area contributed by atoms with Crippen LogP contribution in [0.1, 0.15) is 24.1 Å². The molecular weight excluding hydrogens is 385 g/mol. The number of hydrogen-bond acceptors (Lipinski definition) is 3. The molecule has 4 rings (SSSR count). The fourth-order valence-electron chi connectivity index (χ4n) is 3.45. The van der Waals surface area contributed by atoms with E-state index in [1.54, 1.807) is 18.3 Å². The zero-order valence-electron chi connectivity index (χ0n) is 16.0. The minimum absolute atomic E-state index is 0.248. The maximum absolute atomic E-state index is 14.2. The molecule has 3 N–H and O–H groups in total. The van der Waals surface area contributed by atoms with E-state index in [4.69, 9.17) is 17.3 Å². The summed E-state index contributed by atoms with van der Waals surface area (Å²) in [5.74, 6) is -0.248. The highest BCUT2D eigenvalue weighted by atomic mass is 35.5. The third kappa shape index (κ3) is 3.95. The minimum Gasteiger partial charge on any atom is -0.377 e. The lowest BCUT2D eigenvalue weighted by Gasteiger charge is -2.19. The van der Waals surface area contributed by atoms with Crippen LogP contribution in [-0.4, -0.2) is 4.98 Å². The molecule has 0 unspecified atom stereocenters. The Bertz CT molecular complexity index is 1160. The molecule has 0 saturated carbocycles. The predicted molar refractivity (Wildman–Crippen MR) is 119 cm³/mol. The molecule has 0 aliphatic rings. The van der Waals surface area contributed by atoms with Crippen molar-refractivity contribution in [3.8, 4) is 11.1 Å². The number of benzene rings is 3.